The van der Waals surface area contributed by atoms with Crippen LogP contribution in [-0.4, -0.2) is 25.7 Å². The molecule has 2 nitrogen and oxygen atoms in total. The summed E-state index contributed by atoms with van der Waals surface area (Å²) >= 11 is 5.63. The van der Waals surface area contributed by atoms with Gasteiger partial charge in [-0.1, -0.05) is 0 Å². The molecule has 0 aliphatic rings. The molecule has 0 saturated heterocycles. The standard InChI is InChI=1S/C12H15ClFNO/c1-15-11(4-3-7-13)10-8-9(14)5-6-12(10)16-2/h5-6,8H,3-4,7H2,1-2H3. The van der Waals surface area contributed by atoms with E-state index in [1.165, 1.54) is 12.1 Å². The molecular formula is C12H15ClFNO. The van der Waals surface area contributed by atoms with E-state index in [9.17, 15) is 4.39 Å². The van der Waals surface area contributed by atoms with Crippen molar-refractivity contribution in [2.75, 3.05) is 20.0 Å². The van der Waals surface area contributed by atoms with Gasteiger partial charge < -0.3 is 4.74 Å². The molecule has 4 heteroatoms. The lowest BCUT2D eigenvalue weighted by atomic mass is 10.0. The van der Waals surface area contributed by atoms with Crippen molar-refractivity contribution >= 4 is 17.3 Å². The maximum atomic E-state index is 13.2. The number of ether oxygens (including phenoxy) is 1. The van der Waals surface area contributed by atoms with Crippen LogP contribution in [0.15, 0.2) is 23.2 Å². The number of hydrogen-bond acceptors (Lipinski definition) is 2. The van der Waals surface area contributed by atoms with Crippen molar-refractivity contribution in [3.05, 3.63) is 29.6 Å². The van der Waals surface area contributed by atoms with Crippen LogP contribution in [0.3, 0.4) is 0 Å². The van der Waals surface area contributed by atoms with Crippen LogP contribution in [0.25, 0.3) is 0 Å². The summed E-state index contributed by atoms with van der Waals surface area (Å²) in [4.78, 5) is 4.16. The Hall–Kier alpha value is -1.09. The minimum atomic E-state index is -0.289. The Morgan fingerprint density at radius 2 is 2.25 bits per heavy atom. The average Bonchev–Trinajstić information content (AvgIpc) is 2.30. The second kappa shape index (κ2) is 6.48. The van der Waals surface area contributed by atoms with Gasteiger partial charge in [-0.15, -0.1) is 11.6 Å². The maximum absolute atomic E-state index is 13.2. The molecular weight excluding hydrogens is 229 g/mol. The summed E-state index contributed by atoms with van der Waals surface area (Å²) < 4.78 is 18.3. The van der Waals surface area contributed by atoms with Gasteiger partial charge in [-0.25, -0.2) is 4.39 Å². The number of rotatable bonds is 5. The first-order valence-electron chi connectivity index (χ1n) is 5.08. The van der Waals surface area contributed by atoms with Crippen LogP contribution in [0.5, 0.6) is 5.75 Å². The van der Waals surface area contributed by atoms with E-state index in [-0.39, 0.29) is 5.82 Å². The SMILES string of the molecule is CN=C(CCCCl)c1cc(F)ccc1OC. The third kappa shape index (κ3) is 3.20. The Kier molecular flexibility index (Phi) is 5.26. The molecule has 0 unspecified atom stereocenters. The summed E-state index contributed by atoms with van der Waals surface area (Å²) in [5.74, 6) is 0.913. The first-order chi connectivity index (χ1) is 7.72. The van der Waals surface area contributed by atoms with Crippen LogP contribution in [-0.2, 0) is 0 Å². The molecule has 16 heavy (non-hydrogen) atoms. The average molecular weight is 244 g/mol. The largest absolute Gasteiger partial charge is 0.496 e. The number of hydrogen-bond donors (Lipinski definition) is 0. The fourth-order valence-electron chi connectivity index (χ4n) is 1.51. The van der Waals surface area contributed by atoms with E-state index >= 15 is 0 Å². The molecule has 1 rings (SSSR count). The molecule has 88 valence electrons. The van der Waals surface area contributed by atoms with Crippen LogP contribution in [0.4, 0.5) is 4.39 Å². The molecule has 0 aliphatic carbocycles. The van der Waals surface area contributed by atoms with Gasteiger partial charge in [-0.2, -0.15) is 0 Å². The predicted molar refractivity (Wildman–Crippen MR) is 65.4 cm³/mol. The van der Waals surface area contributed by atoms with Crippen molar-refractivity contribution in [3.8, 4) is 5.75 Å². The minimum Gasteiger partial charge on any atom is -0.496 e. The van der Waals surface area contributed by atoms with Gasteiger partial charge in [0.05, 0.1) is 7.11 Å². The third-order valence-corrected chi connectivity index (χ3v) is 2.56. The van der Waals surface area contributed by atoms with Crippen LogP contribution in [0, 0.1) is 5.82 Å². The van der Waals surface area contributed by atoms with Crippen LogP contribution in [0.1, 0.15) is 18.4 Å². The highest BCUT2D eigenvalue weighted by atomic mass is 35.5. The van der Waals surface area contributed by atoms with Crippen LogP contribution >= 0.6 is 11.6 Å². The number of nitrogens with zero attached hydrogens (tertiary/aromatic N) is 1. The fourth-order valence-corrected chi connectivity index (χ4v) is 1.64. The Labute approximate surface area is 100 Å². The Morgan fingerprint density at radius 3 is 2.81 bits per heavy atom. The molecule has 0 radical (unpaired) electrons. The second-order valence-corrected chi connectivity index (χ2v) is 3.69. The zero-order valence-corrected chi connectivity index (χ0v) is 10.2. The van der Waals surface area contributed by atoms with Gasteiger partial charge in [-0.05, 0) is 31.0 Å². The zero-order chi connectivity index (χ0) is 12.0. The van der Waals surface area contributed by atoms with Crippen molar-refractivity contribution in [2.45, 2.75) is 12.8 Å². The van der Waals surface area contributed by atoms with E-state index < -0.39 is 0 Å². The van der Waals surface area contributed by atoms with Gasteiger partial charge in [0.2, 0.25) is 0 Å². The van der Waals surface area contributed by atoms with Crippen molar-refractivity contribution in [3.63, 3.8) is 0 Å². The normalized spacial score (nSPS) is 11.6. The summed E-state index contributed by atoms with van der Waals surface area (Å²) in [6.07, 6.45) is 1.54. The highest BCUT2D eigenvalue weighted by molar-refractivity contribution is 6.18. The van der Waals surface area contributed by atoms with Gasteiger partial charge in [0, 0.05) is 24.2 Å². The molecule has 0 aliphatic heterocycles. The highest BCUT2D eigenvalue weighted by Gasteiger charge is 2.10. The summed E-state index contributed by atoms with van der Waals surface area (Å²) in [6, 6.07) is 4.42. The molecule has 0 aromatic heterocycles. The molecule has 0 heterocycles. The van der Waals surface area contributed by atoms with Gasteiger partial charge in [0.25, 0.3) is 0 Å². The molecule has 0 atom stereocenters. The van der Waals surface area contributed by atoms with Crippen molar-refractivity contribution in [1.29, 1.82) is 0 Å². The first kappa shape index (κ1) is 13.0. The molecule has 0 bridgehead atoms. The predicted octanol–water partition coefficient (Wildman–Crippen LogP) is 3.27. The number of aliphatic imine (C=N–C) groups is 1. The van der Waals surface area contributed by atoms with E-state index in [4.69, 9.17) is 16.3 Å². The van der Waals surface area contributed by atoms with Crippen molar-refractivity contribution < 1.29 is 9.13 Å². The fraction of sp³-hybridized carbons (Fsp3) is 0.417. The Bertz CT molecular complexity index is 379. The summed E-state index contributed by atoms with van der Waals surface area (Å²) in [6.45, 7) is 0. The Morgan fingerprint density at radius 1 is 1.50 bits per heavy atom. The van der Waals surface area contributed by atoms with E-state index in [2.05, 4.69) is 4.99 Å². The van der Waals surface area contributed by atoms with E-state index in [1.807, 2.05) is 0 Å². The monoisotopic (exact) mass is 243 g/mol. The van der Waals surface area contributed by atoms with Gasteiger partial charge in [0.1, 0.15) is 11.6 Å². The van der Waals surface area contributed by atoms with E-state index in [1.54, 1.807) is 20.2 Å². The molecule has 0 N–H and O–H groups in total. The quantitative estimate of drug-likeness (QED) is 0.575. The minimum absolute atomic E-state index is 0.289. The highest BCUT2D eigenvalue weighted by Crippen LogP contribution is 2.22. The molecule has 0 spiro atoms. The lowest BCUT2D eigenvalue weighted by Crippen LogP contribution is -2.04. The molecule has 0 saturated carbocycles. The molecule has 1 aromatic rings. The van der Waals surface area contributed by atoms with Crippen molar-refractivity contribution in [1.82, 2.24) is 0 Å². The van der Waals surface area contributed by atoms with Crippen LogP contribution < -0.4 is 4.74 Å². The van der Waals surface area contributed by atoms with Gasteiger partial charge in [0.15, 0.2) is 0 Å². The Balaban J connectivity index is 3.03. The molecule has 1 aromatic carbocycles. The summed E-state index contributed by atoms with van der Waals surface area (Å²) in [5, 5.41) is 0. The molecule has 0 fully saturated rings. The maximum Gasteiger partial charge on any atom is 0.128 e. The van der Waals surface area contributed by atoms with Gasteiger partial charge in [-0.3, -0.25) is 4.99 Å². The third-order valence-electron chi connectivity index (χ3n) is 2.29. The zero-order valence-electron chi connectivity index (χ0n) is 9.46. The second-order valence-electron chi connectivity index (χ2n) is 3.31. The van der Waals surface area contributed by atoms with Crippen LogP contribution in [0.2, 0.25) is 0 Å². The van der Waals surface area contributed by atoms with E-state index in [0.29, 0.717) is 17.2 Å². The smallest absolute Gasteiger partial charge is 0.128 e. The summed E-state index contributed by atoms with van der Waals surface area (Å²) in [5.41, 5.74) is 1.52. The first-order valence-corrected chi connectivity index (χ1v) is 5.62. The number of alkyl halides is 1. The lowest BCUT2D eigenvalue weighted by Gasteiger charge is -2.10. The molecule has 0 amide bonds. The summed E-state index contributed by atoms with van der Waals surface area (Å²) in [7, 11) is 3.25. The van der Waals surface area contributed by atoms with Crippen molar-refractivity contribution in [2.24, 2.45) is 4.99 Å². The van der Waals surface area contributed by atoms with E-state index in [0.717, 1.165) is 18.6 Å². The topological polar surface area (TPSA) is 21.6 Å². The number of benzene rings is 1. The number of methoxy groups -OCH3 is 1. The lowest BCUT2D eigenvalue weighted by molar-refractivity contribution is 0.412. The number of halogens is 2. The van der Waals surface area contributed by atoms with Gasteiger partial charge >= 0.3 is 0 Å².